The highest BCUT2D eigenvalue weighted by atomic mass is 19.2. The molecule has 4 nitrogen and oxygen atoms in total. The van der Waals surface area contributed by atoms with Gasteiger partial charge in [0.15, 0.2) is 23.3 Å². The summed E-state index contributed by atoms with van der Waals surface area (Å²) in [7, 11) is 1.53. The van der Waals surface area contributed by atoms with Gasteiger partial charge < -0.3 is 14.3 Å². The van der Waals surface area contributed by atoms with Crippen molar-refractivity contribution in [2.45, 2.75) is 43.5 Å². The van der Waals surface area contributed by atoms with Crippen molar-refractivity contribution in [1.82, 2.24) is 4.98 Å². The topological polar surface area (TPSA) is 42.4 Å². The van der Waals surface area contributed by atoms with Crippen LogP contribution in [0.2, 0.25) is 0 Å². The van der Waals surface area contributed by atoms with E-state index in [1.54, 1.807) is 18.2 Å². The van der Waals surface area contributed by atoms with Gasteiger partial charge in [-0.3, -0.25) is 0 Å². The van der Waals surface area contributed by atoms with Gasteiger partial charge in [0, 0.05) is 24.1 Å². The maximum Gasteiger partial charge on any atom is 0.198 e. The maximum atomic E-state index is 15.5. The largest absolute Gasteiger partial charge is 0.497 e. The zero-order chi connectivity index (χ0) is 25.1. The predicted octanol–water partition coefficient (Wildman–Crippen LogP) is 5.57. The van der Waals surface area contributed by atoms with E-state index in [0.717, 1.165) is 12.8 Å². The number of methoxy groups -OCH3 is 1. The van der Waals surface area contributed by atoms with Gasteiger partial charge in [-0.25, -0.2) is 22.5 Å². The van der Waals surface area contributed by atoms with Crippen LogP contribution in [0.1, 0.15) is 36.5 Å². The normalized spacial score (nSPS) is 33.6. The number of nitrogens with zero attached hydrogens (tertiary/aromatic N) is 2. The summed E-state index contributed by atoms with van der Waals surface area (Å²) in [5.74, 6) is -5.42. The Labute approximate surface area is 205 Å². The number of hydrogen-bond donors (Lipinski definition) is 1. The van der Waals surface area contributed by atoms with Gasteiger partial charge in [0.2, 0.25) is 0 Å². The molecule has 4 heterocycles. The second-order valence-electron chi connectivity index (χ2n) is 10.8. The highest BCUT2D eigenvalue weighted by Gasteiger charge is 2.78. The Bertz CT molecular complexity index is 1490. The Morgan fingerprint density at radius 2 is 1.92 bits per heavy atom. The second-order valence-corrected chi connectivity index (χ2v) is 10.8. The Balaban J connectivity index is 1.57. The fourth-order valence-corrected chi connectivity index (χ4v) is 8.09. The molecule has 1 N–H and O–H groups in total. The number of ether oxygens (including phenoxy) is 1. The predicted molar refractivity (Wildman–Crippen MR) is 125 cm³/mol. The first-order valence-corrected chi connectivity index (χ1v) is 12.3. The Hall–Kier alpha value is -2.97. The zero-order valence-corrected chi connectivity index (χ0v) is 19.7. The van der Waals surface area contributed by atoms with Crippen LogP contribution >= 0.6 is 0 Å². The van der Waals surface area contributed by atoms with E-state index in [4.69, 9.17) is 4.74 Å². The van der Waals surface area contributed by atoms with Crippen molar-refractivity contribution in [3.05, 3.63) is 71.3 Å². The lowest BCUT2D eigenvalue weighted by Crippen LogP contribution is -2.79. The van der Waals surface area contributed by atoms with E-state index in [2.05, 4.69) is 11.6 Å². The average molecular weight is 498 g/mol. The number of aliphatic hydroxyl groups is 1. The van der Waals surface area contributed by atoms with Gasteiger partial charge in [0.1, 0.15) is 30.0 Å². The summed E-state index contributed by atoms with van der Waals surface area (Å²) in [4.78, 5) is 4.52. The van der Waals surface area contributed by atoms with Crippen LogP contribution in [0.3, 0.4) is 0 Å². The molecule has 6 unspecified atom stereocenters. The molecule has 3 fully saturated rings. The maximum absolute atomic E-state index is 15.5. The van der Waals surface area contributed by atoms with Crippen molar-refractivity contribution < 1.29 is 31.9 Å². The van der Waals surface area contributed by atoms with Crippen molar-refractivity contribution >= 4 is 10.9 Å². The molecule has 36 heavy (non-hydrogen) atoms. The van der Waals surface area contributed by atoms with E-state index in [1.165, 1.54) is 13.2 Å². The summed E-state index contributed by atoms with van der Waals surface area (Å²) >= 11 is 0. The van der Waals surface area contributed by atoms with Crippen LogP contribution < -0.4 is 4.74 Å². The van der Waals surface area contributed by atoms with E-state index in [1.807, 2.05) is 6.08 Å². The first-order valence-electron chi connectivity index (χ1n) is 12.3. The van der Waals surface area contributed by atoms with Gasteiger partial charge in [-0.2, -0.15) is 0 Å². The molecule has 8 heteroatoms. The van der Waals surface area contributed by atoms with Crippen molar-refractivity contribution in [1.29, 1.82) is 0 Å². The molecule has 4 aliphatic rings. The number of pyridine rings is 1. The molecule has 3 aromatic rings. The summed E-state index contributed by atoms with van der Waals surface area (Å²) in [6.07, 6.45) is 3.38. The third-order valence-corrected chi connectivity index (χ3v) is 9.85. The summed E-state index contributed by atoms with van der Waals surface area (Å²) in [5, 5.41) is 12.6. The lowest BCUT2D eigenvalue weighted by atomic mass is 9.54. The number of benzene rings is 2. The fourth-order valence-electron chi connectivity index (χ4n) is 8.09. The number of hydrogen-bond acceptors (Lipinski definition) is 3. The number of quaternary nitrogens is 1. The standard InChI is InChI=1S/C28H25F4N2O2/c1-3-13-11-28-6-7-34(28)12-17-22(24(30)26(32)25(31)23(17)29)20-9-16(27(35)21(34)10-18(13)28)15-8-14(36-2)4-5-19(15)33-20/h3-5,8-9,13,18,21,27,35H,1,6-7,10-12H2,2H3/q+1. The molecule has 2 bridgehead atoms. The molecule has 2 spiro atoms. The minimum atomic E-state index is -1.85. The summed E-state index contributed by atoms with van der Waals surface area (Å²) in [5.41, 5.74) is 0.124. The number of aromatic nitrogens is 1. The van der Waals surface area contributed by atoms with Crippen LogP contribution in [0.5, 0.6) is 5.75 Å². The number of fused-ring (bicyclic) bond motifs is 6. The molecule has 2 aromatic carbocycles. The minimum absolute atomic E-state index is 0.0184. The average Bonchev–Trinajstić information content (AvgIpc) is 3.02. The number of halogens is 4. The molecule has 0 amide bonds. The Kier molecular flexibility index (Phi) is 4.37. The highest BCUT2D eigenvalue weighted by Crippen LogP contribution is 2.70. The van der Waals surface area contributed by atoms with E-state index >= 15 is 8.78 Å². The van der Waals surface area contributed by atoms with Gasteiger partial charge in [-0.05, 0) is 35.7 Å². The van der Waals surface area contributed by atoms with E-state index in [-0.39, 0.29) is 46.8 Å². The van der Waals surface area contributed by atoms with Crippen LogP contribution in [-0.2, 0) is 6.54 Å². The molecule has 1 saturated carbocycles. The van der Waals surface area contributed by atoms with E-state index in [0.29, 0.717) is 39.7 Å². The molecular formula is C28H25F4N2O2+. The van der Waals surface area contributed by atoms with Crippen molar-refractivity contribution in [3.8, 4) is 17.0 Å². The van der Waals surface area contributed by atoms with Crippen molar-refractivity contribution in [2.75, 3.05) is 13.7 Å². The first kappa shape index (κ1) is 22.2. The molecule has 3 aliphatic heterocycles. The molecule has 1 aromatic heterocycles. The van der Waals surface area contributed by atoms with Crippen LogP contribution in [0.4, 0.5) is 17.6 Å². The first-order chi connectivity index (χ1) is 17.3. The second kappa shape index (κ2) is 7.07. The number of aliphatic hydroxyl groups excluding tert-OH is 1. The lowest BCUT2D eigenvalue weighted by Gasteiger charge is -2.67. The van der Waals surface area contributed by atoms with Crippen LogP contribution in [-0.4, -0.2) is 39.8 Å². The Morgan fingerprint density at radius 3 is 2.61 bits per heavy atom. The molecule has 7 rings (SSSR count). The smallest absolute Gasteiger partial charge is 0.198 e. The fraction of sp³-hybridized carbons (Fsp3) is 0.393. The third kappa shape index (κ3) is 2.40. The lowest BCUT2D eigenvalue weighted by molar-refractivity contribution is -1.05. The van der Waals surface area contributed by atoms with Gasteiger partial charge >= 0.3 is 0 Å². The quantitative estimate of drug-likeness (QED) is 0.166. The monoisotopic (exact) mass is 497 g/mol. The van der Waals surface area contributed by atoms with Gasteiger partial charge in [-0.15, -0.1) is 6.58 Å². The molecule has 186 valence electrons. The highest BCUT2D eigenvalue weighted by molar-refractivity contribution is 5.87. The zero-order valence-electron chi connectivity index (χ0n) is 19.7. The van der Waals surface area contributed by atoms with Crippen molar-refractivity contribution in [2.24, 2.45) is 11.8 Å². The van der Waals surface area contributed by atoms with E-state index < -0.39 is 29.4 Å². The third-order valence-electron chi connectivity index (χ3n) is 9.85. The van der Waals surface area contributed by atoms with Crippen molar-refractivity contribution in [3.63, 3.8) is 0 Å². The summed E-state index contributed by atoms with van der Waals surface area (Å²) in [6, 6.07) is 6.30. The molecule has 6 atom stereocenters. The minimum Gasteiger partial charge on any atom is -0.497 e. The van der Waals surface area contributed by atoms with Gasteiger partial charge in [0.25, 0.3) is 0 Å². The molecule has 2 saturated heterocycles. The van der Waals surface area contributed by atoms with Gasteiger partial charge in [0.05, 0.1) is 42.4 Å². The summed E-state index contributed by atoms with van der Waals surface area (Å²) in [6.45, 7) is 4.59. The number of allylic oxidation sites excluding steroid dienone is 1. The van der Waals surface area contributed by atoms with Crippen LogP contribution in [0.25, 0.3) is 22.2 Å². The number of rotatable bonds is 2. The SMILES string of the molecule is C=CC1CC23CC[N+]24Cc2c(F)c(F)c(F)c(F)c2-c2cc(c5cc(OC)ccc5n2)C(O)C4CC13. The molecule has 1 aliphatic carbocycles. The van der Waals surface area contributed by atoms with Crippen LogP contribution in [0.15, 0.2) is 36.9 Å². The molecular weight excluding hydrogens is 472 g/mol. The molecule has 0 radical (unpaired) electrons. The van der Waals surface area contributed by atoms with Gasteiger partial charge in [-0.1, -0.05) is 6.08 Å². The summed E-state index contributed by atoms with van der Waals surface area (Å²) < 4.78 is 65.8. The Morgan fingerprint density at radius 1 is 1.14 bits per heavy atom. The van der Waals surface area contributed by atoms with E-state index in [9.17, 15) is 13.9 Å². The van der Waals surface area contributed by atoms with Crippen LogP contribution in [0, 0.1) is 35.1 Å².